The summed E-state index contributed by atoms with van der Waals surface area (Å²) >= 11 is 6.38. The minimum atomic E-state index is -0.293. The van der Waals surface area contributed by atoms with Crippen LogP contribution in [0.2, 0.25) is 5.02 Å². The molecule has 0 N–H and O–H groups in total. The van der Waals surface area contributed by atoms with Crippen LogP contribution in [0.5, 0.6) is 0 Å². The van der Waals surface area contributed by atoms with Crippen molar-refractivity contribution < 1.29 is 23.1 Å². The number of piperidine rings is 1. The van der Waals surface area contributed by atoms with Gasteiger partial charge in [-0.15, -0.1) is 0 Å². The predicted octanol–water partition coefficient (Wildman–Crippen LogP) is 5.08. The summed E-state index contributed by atoms with van der Waals surface area (Å²) in [5.74, 6) is -0.490. The molecule has 36 heavy (non-hydrogen) atoms. The quantitative estimate of drug-likeness (QED) is 0.371. The molecule has 2 aromatic carbocycles. The number of carbonyl (C=O) groups is 2. The molecule has 9 heteroatoms. The molecule has 3 aromatic rings. The summed E-state index contributed by atoms with van der Waals surface area (Å²) in [6.45, 7) is 4.44. The van der Waals surface area contributed by atoms with E-state index in [1.165, 1.54) is 18.4 Å². The molecule has 1 saturated heterocycles. The van der Waals surface area contributed by atoms with Gasteiger partial charge in [0, 0.05) is 31.2 Å². The maximum absolute atomic E-state index is 13.4. The molecule has 0 spiro atoms. The third kappa shape index (κ3) is 6.71. The van der Waals surface area contributed by atoms with Crippen LogP contribution in [0, 0.1) is 11.7 Å². The first-order valence-electron chi connectivity index (χ1n) is 12.0. The maximum atomic E-state index is 13.4. The number of halogens is 2. The Balaban J connectivity index is 1.42. The molecule has 1 aliphatic heterocycles. The number of carbonyl (C=O) groups excluding carboxylic acids is 2. The zero-order valence-corrected chi connectivity index (χ0v) is 20.9. The van der Waals surface area contributed by atoms with Crippen LogP contribution in [0.3, 0.4) is 0 Å². The van der Waals surface area contributed by atoms with Crippen molar-refractivity contribution in [3.63, 3.8) is 0 Å². The normalized spacial score (nSPS) is 14.3. The second-order valence-electron chi connectivity index (χ2n) is 8.81. The van der Waals surface area contributed by atoms with Gasteiger partial charge in [0.05, 0.1) is 19.1 Å². The van der Waals surface area contributed by atoms with Crippen molar-refractivity contribution in [1.82, 2.24) is 14.8 Å². The van der Waals surface area contributed by atoms with Crippen molar-refractivity contribution in [1.29, 1.82) is 0 Å². The molecule has 7 nitrogen and oxygen atoms in total. The van der Waals surface area contributed by atoms with Gasteiger partial charge in [0.25, 0.3) is 5.91 Å². The Kier molecular flexibility index (Phi) is 8.72. The van der Waals surface area contributed by atoms with Crippen molar-refractivity contribution >= 4 is 23.5 Å². The molecular formula is C27H29ClFN3O4. The topological polar surface area (TPSA) is 75.9 Å². The first-order valence-corrected chi connectivity index (χ1v) is 12.4. The molecule has 0 bridgehead atoms. The van der Waals surface area contributed by atoms with E-state index in [0.717, 1.165) is 11.1 Å². The zero-order valence-electron chi connectivity index (χ0n) is 20.2. The molecule has 1 amide bonds. The van der Waals surface area contributed by atoms with Gasteiger partial charge in [-0.1, -0.05) is 41.9 Å². The number of hydrogen-bond acceptors (Lipinski definition) is 6. The highest BCUT2D eigenvalue weighted by Crippen LogP contribution is 2.22. The van der Waals surface area contributed by atoms with Crippen LogP contribution >= 0.6 is 11.6 Å². The Morgan fingerprint density at radius 3 is 2.53 bits per heavy atom. The summed E-state index contributed by atoms with van der Waals surface area (Å²) in [6.07, 6.45) is 2.51. The molecule has 0 atom stereocenters. The Hall–Kier alpha value is -3.23. The number of oxazole rings is 1. The van der Waals surface area contributed by atoms with E-state index in [1.807, 2.05) is 24.3 Å². The van der Waals surface area contributed by atoms with Gasteiger partial charge in [-0.3, -0.25) is 14.5 Å². The second-order valence-corrected chi connectivity index (χ2v) is 9.22. The third-order valence-electron chi connectivity index (χ3n) is 6.20. The number of nitrogens with zero attached hydrogens (tertiary/aromatic N) is 3. The van der Waals surface area contributed by atoms with E-state index >= 15 is 0 Å². The van der Waals surface area contributed by atoms with E-state index in [-0.39, 0.29) is 29.3 Å². The first-order chi connectivity index (χ1) is 17.4. The van der Waals surface area contributed by atoms with Gasteiger partial charge in [0.15, 0.2) is 5.69 Å². The number of benzene rings is 2. The highest BCUT2D eigenvalue weighted by Gasteiger charge is 2.30. The largest absolute Gasteiger partial charge is 0.466 e. The van der Waals surface area contributed by atoms with Crippen molar-refractivity contribution in [2.24, 2.45) is 5.92 Å². The summed E-state index contributed by atoms with van der Waals surface area (Å²) in [6, 6.07) is 13.9. The van der Waals surface area contributed by atoms with Gasteiger partial charge in [-0.25, -0.2) is 9.37 Å². The van der Waals surface area contributed by atoms with E-state index in [1.54, 1.807) is 24.0 Å². The van der Waals surface area contributed by atoms with Crippen LogP contribution in [0.25, 0.3) is 0 Å². The number of hydrogen-bond donors (Lipinski definition) is 0. The molecule has 0 saturated carbocycles. The van der Waals surface area contributed by atoms with Crippen molar-refractivity contribution in [3.05, 3.63) is 88.3 Å². The molecule has 1 aromatic heterocycles. The van der Waals surface area contributed by atoms with Gasteiger partial charge in [0.1, 0.15) is 12.1 Å². The van der Waals surface area contributed by atoms with Crippen LogP contribution in [0.4, 0.5) is 4.39 Å². The van der Waals surface area contributed by atoms with E-state index < -0.39 is 0 Å². The molecule has 190 valence electrons. The fraction of sp³-hybridized carbons (Fsp3) is 0.370. The highest BCUT2D eigenvalue weighted by atomic mass is 35.5. The van der Waals surface area contributed by atoms with Crippen LogP contribution in [0.1, 0.15) is 47.3 Å². The Morgan fingerprint density at radius 2 is 1.83 bits per heavy atom. The summed E-state index contributed by atoms with van der Waals surface area (Å²) in [5.41, 5.74) is 2.10. The van der Waals surface area contributed by atoms with Gasteiger partial charge in [-0.2, -0.15) is 0 Å². The van der Waals surface area contributed by atoms with Crippen molar-refractivity contribution in [2.75, 3.05) is 19.7 Å². The number of esters is 1. The second kappa shape index (κ2) is 12.1. The van der Waals surface area contributed by atoms with Gasteiger partial charge >= 0.3 is 5.97 Å². The van der Waals surface area contributed by atoms with Crippen molar-refractivity contribution in [2.45, 2.75) is 39.4 Å². The Labute approximate surface area is 214 Å². The van der Waals surface area contributed by atoms with E-state index in [0.29, 0.717) is 63.1 Å². The van der Waals surface area contributed by atoms with Crippen LogP contribution < -0.4 is 0 Å². The van der Waals surface area contributed by atoms with Crippen LogP contribution in [-0.2, 0) is 29.2 Å². The summed E-state index contributed by atoms with van der Waals surface area (Å²) < 4.78 is 24.1. The van der Waals surface area contributed by atoms with Gasteiger partial charge in [-0.05, 0) is 49.1 Å². The van der Waals surface area contributed by atoms with Crippen LogP contribution in [0.15, 0.2) is 59.2 Å². The van der Waals surface area contributed by atoms with Crippen LogP contribution in [-0.4, -0.2) is 46.4 Å². The molecule has 0 radical (unpaired) electrons. The molecule has 0 unspecified atom stereocenters. The molecule has 1 aliphatic rings. The first kappa shape index (κ1) is 25.9. The summed E-state index contributed by atoms with van der Waals surface area (Å²) in [5, 5.41) is 0.649. The predicted molar refractivity (Wildman–Crippen MR) is 133 cm³/mol. The number of likely N-dealkylation sites (tertiary alicyclic amines) is 1. The lowest BCUT2D eigenvalue weighted by molar-refractivity contribution is -0.149. The number of aromatic nitrogens is 1. The fourth-order valence-corrected chi connectivity index (χ4v) is 4.49. The lowest BCUT2D eigenvalue weighted by Gasteiger charge is -2.30. The fourth-order valence-electron chi connectivity index (χ4n) is 4.30. The standard InChI is InChI=1S/C27H29ClFN3O4/c1-2-35-27(34)20-11-13-32(14-12-20)26(33)24-18-36-25(30-24)17-31(15-19-7-9-22(29)10-8-19)16-21-5-3-4-6-23(21)28/h3-10,18,20H,2,11-17H2,1H3. The van der Waals surface area contributed by atoms with Gasteiger partial charge < -0.3 is 14.1 Å². The average Bonchev–Trinajstić information content (AvgIpc) is 3.35. The number of amides is 1. The maximum Gasteiger partial charge on any atom is 0.309 e. The number of ether oxygens (including phenoxy) is 1. The molecule has 0 aliphatic carbocycles. The minimum absolute atomic E-state index is 0.174. The highest BCUT2D eigenvalue weighted by molar-refractivity contribution is 6.31. The monoisotopic (exact) mass is 513 g/mol. The molecule has 2 heterocycles. The lowest BCUT2D eigenvalue weighted by Crippen LogP contribution is -2.40. The van der Waals surface area contributed by atoms with Crippen molar-refractivity contribution in [3.8, 4) is 0 Å². The molecule has 4 rings (SSSR count). The molecule has 1 fully saturated rings. The SMILES string of the molecule is CCOC(=O)C1CCN(C(=O)c2coc(CN(Cc3ccc(F)cc3)Cc3ccccc3Cl)n2)CC1. The Bertz CT molecular complexity index is 1180. The van der Waals surface area contributed by atoms with E-state index in [2.05, 4.69) is 9.88 Å². The van der Waals surface area contributed by atoms with E-state index in [4.69, 9.17) is 20.8 Å². The van der Waals surface area contributed by atoms with E-state index in [9.17, 15) is 14.0 Å². The average molecular weight is 514 g/mol. The summed E-state index contributed by atoms with van der Waals surface area (Å²) in [4.78, 5) is 33.2. The Morgan fingerprint density at radius 1 is 1.11 bits per heavy atom. The number of rotatable bonds is 9. The summed E-state index contributed by atoms with van der Waals surface area (Å²) in [7, 11) is 0. The lowest BCUT2D eigenvalue weighted by atomic mass is 9.97. The minimum Gasteiger partial charge on any atom is -0.466 e. The zero-order chi connectivity index (χ0) is 25.5. The smallest absolute Gasteiger partial charge is 0.309 e. The molecular weight excluding hydrogens is 485 g/mol. The van der Waals surface area contributed by atoms with Gasteiger partial charge in [0.2, 0.25) is 5.89 Å². The third-order valence-corrected chi connectivity index (χ3v) is 6.57.